The lowest BCUT2D eigenvalue weighted by Crippen LogP contribution is -2.35. The molecule has 2 rings (SSSR count). The summed E-state index contributed by atoms with van der Waals surface area (Å²) < 4.78 is 0. The number of rotatable bonds is 2. The molecule has 0 spiro atoms. The first-order chi connectivity index (χ1) is 9.54. The Labute approximate surface area is 122 Å². The average molecular weight is 289 g/mol. The van der Waals surface area contributed by atoms with Gasteiger partial charge in [0.05, 0.1) is 0 Å². The van der Waals surface area contributed by atoms with Gasteiger partial charge in [0.15, 0.2) is 5.11 Å². The minimum Gasteiger partial charge on any atom is -0.375 e. The van der Waals surface area contributed by atoms with E-state index in [2.05, 4.69) is 27.2 Å². The van der Waals surface area contributed by atoms with Crippen molar-refractivity contribution in [3.63, 3.8) is 0 Å². The van der Waals surface area contributed by atoms with E-state index < -0.39 is 0 Å². The van der Waals surface area contributed by atoms with Crippen LogP contribution in [0.25, 0.3) is 0 Å². The van der Waals surface area contributed by atoms with Gasteiger partial charge in [-0.2, -0.15) is 0 Å². The Kier molecular flexibility index (Phi) is 6.18. The molecule has 0 aliphatic carbocycles. The lowest BCUT2D eigenvalue weighted by molar-refractivity contribution is -0.106. The zero-order valence-corrected chi connectivity index (χ0v) is 12.0. The van der Waals surface area contributed by atoms with E-state index in [1.807, 2.05) is 18.2 Å². The van der Waals surface area contributed by atoms with Gasteiger partial charge in [0, 0.05) is 23.8 Å². The molecule has 2 aromatic heterocycles. The van der Waals surface area contributed by atoms with Gasteiger partial charge in [-0.15, -0.1) is 0 Å². The van der Waals surface area contributed by atoms with E-state index in [4.69, 9.17) is 5.73 Å². The lowest BCUT2D eigenvalue weighted by Gasteiger charge is -2.13. The van der Waals surface area contributed by atoms with Gasteiger partial charge in [-0.25, -0.2) is 14.9 Å². The number of carbonyl (C=O) groups is 1. The van der Waals surface area contributed by atoms with Crippen LogP contribution in [0.2, 0.25) is 0 Å². The van der Waals surface area contributed by atoms with Crippen molar-refractivity contribution in [2.45, 2.75) is 13.8 Å². The van der Waals surface area contributed by atoms with E-state index in [1.54, 1.807) is 32.3 Å². The van der Waals surface area contributed by atoms with E-state index in [-0.39, 0.29) is 11.1 Å². The number of hydrogen-bond acceptors (Lipinski definition) is 5. The summed E-state index contributed by atoms with van der Waals surface area (Å²) in [5.41, 5.74) is 6.85. The predicted molar refractivity (Wildman–Crippen MR) is 81.1 cm³/mol. The van der Waals surface area contributed by atoms with Gasteiger partial charge in [-0.05, 0) is 44.3 Å². The SMILES string of the molecule is Cc1cc(C)nc(N(C=O)C(N)=S)n1.c1ccncc1. The Bertz CT molecular complexity index is 529. The van der Waals surface area contributed by atoms with E-state index in [0.717, 1.165) is 16.3 Å². The number of amides is 1. The molecule has 104 valence electrons. The van der Waals surface area contributed by atoms with Crippen molar-refractivity contribution in [2.75, 3.05) is 4.90 Å². The van der Waals surface area contributed by atoms with Gasteiger partial charge < -0.3 is 5.73 Å². The third-order valence-electron chi connectivity index (χ3n) is 2.10. The van der Waals surface area contributed by atoms with Crippen LogP contribution in [-0.4, -0.2) is 26.5 Å². The minimum atomic E-state index is -0.0648. The fourth-order valence-corrected chi connectivity index (χ4v) is 1.45. The number of nitrogens with two attached hydrogens (primary N) is 1. The normalized spacial score (nSPS) is 9.10. The predicted octanol–water partition coefficient (Wildman–Crippen LogP) is 1.38. The maximum Gasteiger partial charge on any atom is 0.238 e. The summed E-state index contributed by atoms with van der Waals surface area (Å²) >= 11 is 4.68. The Morgan fingerprint density at radius 3 is 2.05 bits per heavy atom. The van der Waals surface area contributed by atoms with E-state index >= 15 is 0 Å². The number of hydrogen-bond donors (Lipinski definition) is 1. The van der Waals surface area contributed by atoms with Crippen LogP contribution < -0.4 is 10.6 Å². The second kappa shape index (κ2) is 7.90. The highest BCUT2D eigenvalue weighted by Crippen LogP contribution is 2.07. The molecule has 0 aliphatic rings. The molecule has 1 amide bonds. The van der Waals surface area contributed by atoms with Crippen molar-refractivity contribution in [3.05, 3.63) is 48.0 Å². The third-order valence-corrected chi connectivity index (χ3v) is 2.29. The van der Waals surface area contributed by atoms with Gasteiger partial charge in [-0.3, -0.25) is 9.78 Å². The molecule has 0 fully saturated rings. The third kappa shape index (κ3) is 5.07. The summed E-state index contributed by atoms with van der Waals surface area (Å²) in [5.74, 6) is 0.213. The van der Waals surface area contributed by atoms with E-state index in [1.165, 1.54) is 0 Å². The quantitative estimate of drug-likeness (QED) is 0.664. The molecule has 0 bridgehead atoms. The largest absolute Gasteiger partial charge is 0.375 e. The summed E-state index contributed by atoms with van der Waals surface area (Å²) in [7, 11) is 0. The molecule has 0 radical (unpaired) electrons. The first-order valence-corrected chi connectivity index (χ1v) is 6.16. The summed E-state index contributed by atoms with van der Waals surface area (Å²) in [6.45, 7) is 3.61. The summed E-state index contributed by atoms with van der Waals surface area (Å²) in [4.78, 5) is 23.5. The zero-order chi connectivity index (χ0) is 15.0. The first kappa shape index (κ1) is 15.6. The fourth-order valence-electron chi connectivity index (χ4n) is 1.33. The first-order valence-electron chi connectivity index (χ1n) is 5.76. The molecule has 0 unspecified atom stereocenters. The molecule has 0 atom stereocenters. The van der Waals surface area contributed by atoms with Crippen LogP contribution in [0.5, 0.6) is 0 Å². The second-order valence-corrected chi connectivity index (χ2v) is 4.21. The van der Waals surface area contributed by atoms with Gasteiger partial charge in [0.1, 0.15) is 0 Å². The Hall–Kier alpha value is -2.41. The maximum absolute atomic E-state index is 10.6. The van der Waals surface area contributed by atoms with Crippen LogP contribution in [-0.2, 0) is 4.79 Å². The van der Waals surface area contributed by atoms with Crippen LogP contribution in [0, 0.1) is 13.8 Å². The molecule has 0 saturated carbocycles. The van der Waals surface area contributed by atoms with Crippen LogP contribution in [0.4, 0.5) is 5.95 Å². The van der Waals surface area contributed by atoms with E-state index in [9.17, 15) is 4.79 Å². The molecule has 2 heterocycles. The Morgan fingerprint density at radius 1 is 1.20 bits per heavy atom. The van der Waals surface area contributed by atoms with Crippen molar-refractivity contribution in [2.24, 2.45) is 5.73 Å². The van der Waals surface area contributed by atoms with Crippen molar-refractivity contribution >= 4 is 29.7 Å². The fraction of sp³-hybridized carbons (Fsp3) is 0.154. The standard InChI is InChI=1S/C8H10N4OS.C5H5N/c1-5-3-6(2)11-8(10-5)12(4-13)7(9)14;1-2-4-6-5-3-1/h3-4H,1-2H3,(H2,9,14);1-5H. The minimum absolute atomic E-state index is 0.0648. The van der Waals surface area contributed by atoms with Gasteiger partial charge in [0.2, 0.25) is 12.4 Å². The van der Waals surface area contributed by atoms with Crippen LogP contribution in [0.15, 0.2) is 36.7 Å². The summed E-state index contributed by atoms with van der Waals surface area (Å²) in [5, 5.41) is -0.0648. The van der Waals surface area contributed by atoms with Crippen LogP contribution >= 0.6 is 12.2 Å². The Morgan fingerprint density at radius 2 is 1.75 bits per heavy atom. The van der Waals surface area contributed by atoms with Crippen molar-refractivity contribution in [3.8, 4) is 0 Å². The number of carbonyl (C=O) groups excluding carboxylic acids is 1. The highest BCUT2D eigenvalue weighted by molar-refractivity contribution is 7.80. The average Bonchev–Trinajstić information content (AvgIpc) is 2.40. The van der Waals surface area contributed by atoms with Gasteiger partial charge in [-0.1, -0.05) is 6.07 Å². The molecule has 20 heavy (non-hydrogen) atoms. The highest BCUT2D eigenvalue weighted by atomic mass is 32.1. The zero-order valence-electron chi connectivity index (χ0n) is 11.2. The Balaban J connectivity index is 0.000000276. The van der Waals surface area contributed by atoms with Crippen molar-refractivity contribution in [1.82, 2.24) is 15.0 Å². The maximum atomic E-state index is 10.6. The summed E-state index contributed by atoms with van der Waals surface area (Å²) in [6.07, 6.45) is 4.00. The van der Waals surface area contributed by atoms with Crippen LogP contribution in [0.1, 0.15) is 11.4 Å². The van der Waals surface area contributed by atoms with Crippen LogP contribution in [0.3, 0.4) is 0 Å². The molecular formula is C13H15N5OS. The lowest BCUT2D eigenvalue weighted by atomic mass is 10.3. The topological polar surface area (TPSA) is 85.0 Å². The molecular weight excluding hydrogens is 274 g/mol. The van der Waals surface area contributed by atoms with Gasteiger partial charge in [0.25, 0.3) is 0 Å². The van der Waals surface area contributed by atoms with Gasteiger partial charge >= 0.3 is 0 Å². The number of thiocarbonyl (C=S) groups is 1. The molecule has 0 saturated heterocycles. The second-order valence-electron chi connectivity index (χ2n) is 3.79. The molecule has 0 aromatic carbocycles. The molecule has 6 nitrogen and oxygen atoms in total. The smallest absolute Gasteiger partial charge is 0.238 e. The van der Waals surface area contributed by atoms with E-state index in [0.29, 0.717) is 6.41 Å². The monoisotopic (exact) mass is 289 g/mol. The highest BCUT2D eigenvalue weighted by Gasteiger charge is 2.11. The molecule has 2 N–H and O–H groups in total. The number of anilines is 1. The molecule has 0 aliphatic heterocycles. The molecule has 7 heteroatoms. The summed E-state index contributed by atoms with van der Waals surface area (Å²) in [6, 6.07) is 7.51. The molecule has 2 aromatic rings. The number of nitrogens with zero attached hydrogens (tertiary/aromatic N) is 4. The van der Waals surface area contributed by atoms with Crippen molar-refractivity contribution in [1.29, 1.82) is 0 Å². The number of aromatic nitrogens is 3. The van der Waals surface area contributed by atoms with Crippen molar-refractivity contribution < 1.29 is 4.79 Å². The number of pyridine rings is 1. The number of aryl methyl sites for hydroxylation is 2.